The van der Waals surface area contributed by atoms with Crippen LogP contribution in [0.3, 0.4) is 0 Å². The van der Waals surface area contributed by atoms with Crippen LogP contribution in [0.1, 0.15) is 35.0 Å². The molecule has 11 heteroatoms. The van der Waals surface area contributed by atoms with E-state index >= 15 is 0 Å². The van der Waals surface area contributed by atoms with E-state index in [1.54, 1.807) is 24.3 Å². The maximum atomic E-state index is 11.0. The van der Waals surface area contributed by atoms with Crippen molar-refractivity contribution in [2.24, 2.45) is 11.8 Å². The highest BCUT2D eigenvalue weighted by Gasteiger charge is 2.48. The molecule has 6 atom stereocenters. The van der Waals surface area contributed by atoms with Crippen LogP contribution in [-0.2, 0) is 9.47 Å². The predicted octanol–water partition coefficient (Wildman–Crippen LogP) is 3.68. The fraction of sp³-hybridized carbons (Fsp3) is 0.419. The number of benzene rings is 3. The molecule has 0 aromatic heterocycles. The highest BCUT2D eigenvalue weighted by atomic mass is 16.6. The maximum absolute atomic E-state index is 11.0. The topological polar surface area (TPSA) is 146 Å². The summed E-state index contributed by atoms with van der Waals surface area (Å²) in [7, 11) is 5.90. The zero-order chi connectivity index (χ0) is 30.0. The number of aromatic hydroxyl groups is 2. The molecule has 4 N–H and O–H groups in total. The summed E-state index contributed by atoms with van der Waals surface area (Å²) in [6.45, 7) is 0.427. The van der Waals surface area contributed by atoms with Crippen molar-refractivity contribution in [3.63, 3.8) is 0 Å². The molecule has 2 saturated heterocycles. The normalized spacial score (nSPS) is 22.7. The van der Waals surface area contributed by atoms with Crippen LogP contribution in [0.25, 0.3) is 0 Å². The number of ether oxygens (including phenoxy) is 7. The van der Waals surface area contributed by atoms with Crippen LogP contribution in [0, 0.1) is 11.8 Å². The second kappa shape index (κ2) is 12.5. The van der Waals surface area contributed by atoms with E-state index in [1.807, 2.05) is 6.07 Å². The van der Waals surface area contributed by atoms with Crippen molar-refractivity contribution in [2.75, 3.05) is 48.3 Å². The summed E-state index contributed by atoms with van der Waals surface area (Å²) < 4.78 is 40.3. The number of fused-ring (bicyclic) bond motifs is 1. The molecule has 0 radical (unpaired) electrons. The number of phenolic OH excluding ortho intramolecular Hbond substituents is 2. The first-order valence-corrected chi connectivity index (χ1v) is 13.5. The summed E-state index contributed by atoms with van der Waals surface area (Å²) in [5.74, 6) is 1.56. The van der Waals surface area contributed by atoms with Gasteiger partial charge in [0.1, 0.15) is 6.10 Å². The molecule has 11 nitrogen and oxygen atoms in total. The van der Waals surface area contributed by atoms with E-state index in [2.05, 4.69) is 0 Å². The Labute approximate surface area is 243 Å². The smallest absolute Gasteiger partial charge is 0.204 e. The zero-order valence-corrected chi connectivity index (χ0v) is 23.9. The van der Waals surface area contributed by atoms with Gasteiger partial charge in [0, 0.05) is 11.8 Å². The third-order valence-corrected chi connectivity index (χ3v) is 7.95. The lowest BCUT2D eigenvalue weighted by molar-refractivity contribution is -0.00197. The van der Waals surface area contributed by atoms with Crippen molar-refractivity contribution in [1.82, 2.24) is 0 Å². The zero-order valence-electron chi connectivity index (χ0n) is 23.9. The van der Waals surface area contributed by atoms with Crippen LogP contribution in [0.2, 0.25) is 0 Å². The largest absolute Gasteiger partial charge is 0.504 e. The second-order valence-corrected chi connectivity index (χ2v) is 10.2. The van der Waals surface area contributed by atoms with Gasteiger partial charge in [0.25, 0.3) is 0 Å². The molecule has 2 aliphatic rings. The third-order valence-electron chi connectivity index (χ3n) is 7.95. The Hall–Kier alpha value is -3.90. The molecule has 5 rings (SSSR count). The number of aliphatic hydroxyl groups excluding tert-OH is 2. The van der Waals surface area contributed by atoms with Crippen LogP contribution >= 0.6 is 0 Å². The summed E-state index contributed by atoms with van der Waals surface area (Å²) in [5.41, 5.74) is 2.09. The van der Waals surface area contributed by atoms with E-state index in [0.29, 0.717) is 36.0 Å². The van der Waals surface area contributed by atoms with Crippen LogP contribution in [-0.4, -0.2) is 74.8 Å². The summed E-state index contributed by atoms with van der Waals surface area (Å²) in [4.78, 5) is 0. The fourth-order valence-corrected chi connectivity index (χ4v) is 5.73. The van der Waals surface area contributed by atoms with Crippen molar-refractivity contribution in [3.8, 4) is 40.2 Å². The molecule has 2 fully saturated rings. The number of hydrogen-bond acceptors (Lipinski definition) is 11. The van der Waals surface area contributed by atoms with E-state index in [1.165, 1.54) is 46.6 Å². The lowest BCUT2D eigenvalue weighted by Crippen LogP contribution is -2.29. The molecule has 0 bridgehead atoms. The highest BCUT2D eigenvalue weighted by molar-refractivity contribution is 5.55. The Morgan fingerprint density at radius 2 is 1.21 bits per heavy atom. The Morgan fingerprint density at radius 1 is 0.714 bits per heavy atom. The second-order valence-electron chi connectivity index (χ2n) is 10.2. The monoisotopic (exact) mass is 584 g/mol. The molecule has 0 amide bonds. The van der Waals surface area contributed by atoms with Crippen molar-refractivity contribution in [3.05, 3.63) is 65.2 Å². The predicted molar refractivity (Wildman–Crippen MR) is 150 cm³/mol. The Morgan fingerprint density at radius 3 is 1.76 bits per heavy atom. The molecule has 2 heterocycles. The van der Waals surface area contributed by atoms with Crippen LogP contribution in [0.4, 0.5) is 0 Å². The summed E-state index contributed by atoms with van der Waals surface area (Å²) in [6.07, 6.45) is -2.87. The minimum absolute atomic E-state index is 0.0486. The van der Waals surface area contributed by atoms with Gasteiger partial charge in [-0.1, -0.05) is 12.1 Å². The minimum atomic E-state index is -1.26. The quantitative estimate of drug-likeness (QED) is 0.262. The van der Waals surface area contributed by atoms with Crippen molar-refractivity contribution < 1.29 is 53.6 Å². The maximum Gasteiger partial charge on any atom is 0.204 e. The average molecular weight is 585 g/mol. The van der Waals surface area contributed by atoms with E-state index in [9.17, 15) is 20.4 Å². The van der Waals surface area contributed by atoms with E-state index in [0.717, 1.165) is 11.1 Å². The minimum Gasteiger partial charge on any atom is -0.504 e. The molecule has 0 unspecified atom stereocenters. The SMILES string of the molecule is COc1cc([C@H]2OC[C@@H]3[C@H]2CO[C@H]3c2cc(OC)c(O[C@H](CO)[C@@H](O)c3ccc(O)c(OC)c3)c(OC)c2)ccc1O. The molecule has 0 spiro atoms. The summed E-state index contributed by atoms with van der Waals surface area (Å²) in [6, 6.07) is 13.2. The van der Waals surface area contributed by atoms with Crippen molar-refractivity contribution in [1.29, 1.82) is 0 Å². The number of aliphatic hydroxyl groups is 2. The first-order chi connectivity index (χ1) is 20.3. The molecule has 226 valence electrons. The van der Waals surface area contributed by atoms with Crippen LogP contribution in [0.5, 0.6) is 40.2 Å². The Balaban J connectivity index is 1.39. The molecule has 3 aromatic carbocycles. The molecular weight excluding hydrogens is 548 g/mol. The molecule has 0 aliphatic carbocycles. The first kappa shape index (κ1) is 29.6. The lowest BCUT2D eigenvalue weighted by Gasteiger charge is -2.26. The fourth-order valence-electron chi connectivity index (χ4n) is 5.73. The van der Waals surface area contributed by atoms with E-state index in [-0.39, 0.29) is 47.0 Å². The van der Waals surface area contributed by atoms with Gasteiger partial charge >= 0.3 is 0 Å². The van der Waals surface area contributed by atoms with Crippen molar-refractivity contribution in [2.45, 2.75) is 24.4 Å². The molecular formula is C31H36O11. The highest BCUT2D eigenvalue weighted by Crippen LogP contribution is 2.53. The molecule has 42 heavy (non-hydrogen) atoms. The number of methoxy groups -OCH3 is 4. The summed E-state index contributed by atoms with van der Waals surface area (Å²) >= 11 is 0. The van der Waals surface area contributed by atoms with Gasteiger partial charge in [-0.3, -0.25) is 0 Å². The van der Waals surface area contributed by atoms with Gasteiger partial charge in [0.2, 0.25) is 5.75 Å². The van der Waals surface area contributed by atoms with Crippen molar-refractivity contribution >= 4 is 0 Å². The van der Waals surface area contributed by atoms with Gasteiger partial charge in [-0.15, -0.1) is 0 Å². The van der Waals surface area contributed by atoms with E-state index < -0.39 is 18.8 Å². The van der Waals surface area contributed by atoms with E-state index in [4.69, 9.17) is 33.2 Å². The Kier molecular flexibility index (Phi) is 8.83. The molecule has 3 aromatic rings. The number of rotatable bonds is 11. The molecule has 0 saturated carbocycles. The standard InChI is InChI=1S/C31H36O11/c1-36-23-9-16(5-7-21(23)33)28(35)27(13-32)42-31-25(38-3)11-18(12-26(31)39-4)30-20-15-40-29(19(20)14-41-30)17-6-8-22(34)24(10-17)37-2/h5-12,19-20,27-30,32-35H,13-15H2,1-4H3/t19-,20-,27-,28+,29-,30+/m1/s1. The average Bonchev–Trinajstić information content (AvgIpc) is 3.62. The Bertz CT molecular complexity index is 1370. The summed E-state index contributed by atoms with van der Waals surface area (Å²) in [5, 5.41) is 41.0. The lowest BCUT2D eigenvalue weighted by atomic mass is 9.84. The molecule has 2 aliphatic heterocycles. The van der Waals surface area contributed by atoms with Gasteiger partial charge in [0.15, 0.2) is 40.6 Å². The first-order valence-electron chi connectivity index (χ1n) is 13.5. The van der Waals surface area contributed by atoms with Gasteiger partial charge in [-0.25, -0.2) is 0 Å². The van der Waals surface area contributed by atoms with Gasteiger partial charge in [-0.2, -0.15) is 0 Å². The third kappa shape index (κ3) is 5.48. The van der Waals surface area contributed by atoms with Gasteiger partial charge in [-0.05, 0) is 53.1 Å². The van der Waals surface area contributed by atoms with Crippen LogP contribution in [0.15, 0.2) is 48.5 Å². The number of hydrogen-bond donors (Lipinski definition) is 4. The van der Waals surface area contributed by atoms with Crippen LogP contribution < -0.4 is 23.7 Å². The number of phenols is 2. The van der Waals surface area contributed by atoms with Gasteiger partial charge < -0.3 is 53.6 Å². The van der Waals surface area contributed by atoms with Gasteiger partial charge in [0.05, 0.1) is 60.5 Å².